The van der Waals surface area contributed by atoms with E-state index in [2.05, 4.69) is 73.1 Å². The molecule has 0 bridgehead atoms. The Kier molecular flexibility index (Phi) is 5.05. The third kappa shape index (κ3) is 4.30. The summed E-state index contributed by atoms with van der Waals surface area (Å²) in [6.45, 7) is 20.2. The molecule has 1 aromatic rings. The number of aromatic amines is 1. The van der Waals surface area contributed by atoms with Crippen LogP contribution in [0.5, 0.6) is 0 Å². The van der Waals surface area contributed by atoms with E-state index < -0.39 is 24.5 Å². The third-order valence-corrected chi connectivity index (χ3v) is 12.7. The van der Waals surface area contributed by atoms with E-state index in [1.165, 1.54) is 0 Å². The Morgan fingerprint density at radius 1 is 0.952 bits per heavy atom. The van der Waals surface area contributed by atoms with Crippen molar-refractivity contribution in [2.24, 2.45) is 0 Å². The summed E-state index contributed by atoms with van der Waals surface area (Å²) in [6, 6.07) is 0. The summed E-state index contributed by atoms with van der Waals surface area (Å²) >= 11 is 6.68. The molecule has 0 atom stereocenters. The first-order valence-electron chi connectivity index (χ1n) is 7.26. The molecule has 0 aliphatic carbocycles. The fraction of sp³-hybridized carbons (Fsp3) is 0.692. The van der Waals surface area contributed by atoms with Crippen LogP contribution in [0, 0.1) is 0 Å². The van der Waals surface area contributed by atoms with E-state index in [9.17, 15) is 4.79 Å². The predicted octanol–water partition coefficient (Wildman–Crippen LogP) is 3.44. The van der Waals surface area contributed by atoms with Gasteiger partial charge in [0.05, 0.1) is 5.02 Å². The minimum absolute atomic E-state index is 0.284. The first-order valence-corrected chi connectivity index (χ1v) is 18.0. The van der Waals surface area contributed by atoms with Crippen molar-refractivity contribution in [2.75, 3.05) is 4.23 Å². The zero-order valence-corrected chi connectivity index (χ0v) is 18.4. The van der Waals surface area contributed by atoms with Gasteiger partial charge in [0.2, 0.25) is 0 Å². The van der Waals surface area contributed by atoms with Gasteiger partial charge in [-0.25, -0.2) is 4.79 Å². The maximum atomic E-state index is 12.1. The molecular weight excluding hydrogens is 334 g/mol. The number of halogens is 1. The fourth-order valence-electron chi connectivity index (χ4n) is 2.75. The molecule has 8 heteroatoms. The maximum Gasteiger partial charge on any atom is 0.346 e. The van der Waals surface area contributed by atoms with Gasteiger partial charge in [-0.3, -0.25) is 0 Å². The van der Waals surface area contributed by atoms with Crippen LogP contribution in [0.4, 0.5) is 5.82 Å². The van der Waals surface area contributed by atoms with E-state index in [0.717, 1.165) is 5.32 Å². The summed E-state index contributed by atoms with van der Waals surface area (Å²) in [7, 11) is -5.10. The maximum absolute atomic E-state index is 12.1. The van der Waals surface area contributed by atoms with Crippen LogP contribution >= 0.6 is 11.6 Å². The molecule has 0 radical (unpaired) electrons. The average Bonchev–Trinajstić information content (AvgIpc) is 2.16. The van der Waals surface area contributed by atoms with Gasteiger partial charge in [-0.15, -0.1) is 0 Å². The van der Waals surface area contributed by atoms with Crippen molar-refractivity contribution in [3.8, 4) is 0 Å². The summed E-state index contributed by atoms with van der Waals surface area (Å²) < 4.78 is 2.40. The van der Waals surface area contributed by atoms with Gasteiger partial charge in [-0.1, -0.05) is 70.5 Å². The minimum atomic E-state index is -1.73. The fourth-order valence-corrected chi connectivity index (χ4v) is 14.8. The molecule has 0 spiro atoms. The number of hydrogen-bond donors (Lipinski definition) is 1. The Hall–Kier alpha value is -0.379. The highest BCUT2D eigenvalue weighted by Crippen LogP contribution is 2.31. The van der Waals surface area contributed by atoms with Crippen molar-refractivity contribution in [3.63, 3.8) is 0 Å². The van der Waals surface area contributed by atoms with Crippen LogP contribution < -0.4 is 15.2 Å². The van der Waals surface area contributed by atoms with E-state index in [1.807, 2.05) is 0 Å². The average molecular weight is 362 g/mol. The van der Waals surface area contributed by atoms with Crippen molar-refractivity contribution in [1.82, 2.24) is 9.97 Å². The van der Waals surface area contributed by atoms with Gasteiger partial charge in [-0.05, 0) is 0 Å². The summed E-state index contributed by atoms with van der Waals surface area (Å²) in [5, 5.41) is 1.55. The van der Waals surface area contributed by atoms with E-state index >= 15 is 0 Å². The molecule has 0 aromatic carbocycles. The lowest BCUT2D eigenvalue weighted by Crippen LogP contribution is -2.61. The summed E-state index contributed by atoms with van der Waals surface area (Å²) in [5.74, 6) is 0.705. The number of H-pyrrole nitrogens is 1. The molecule has 0 unspecified atom stereocenters. The zero-order valence-electron chi connectivity index (χ0n) is 14.7. The van der Waals surface area contributed by atoms with Crippen molar-refractivity contribution in [3.05, 3.63) is 15.5 Å². The Bertz CT molecular complexity index is 568. The van der Waals surface area contributed by atoms with Crippen molar-refractivity contribution in [1.29, 1.82) is 0 Å². The Morgan fingerprint density at radius 3 is 1.71 bits per heavy atom. The Labute approximate surface area is 136 Å². The molecule has 0 saturated carbocycles. The molecule has 0 aliphatic rings. The predicted molar refractivity (Wildman–Crippen MR) is 102 cm³/mol. The molecule has 21 heavy (non-hydrogen) atoms. The monoisotopic (exact) mass is 361 g/mol. The van der Waals surface area contributed by atoms with Crippen LogP contribution in [0.15, 0.2) is 4.79 Å². The van der Waals surface area contributed by atoms with Crippen molar-refractivity contribution < 1.29 is 0 Å². The van der Waals surface area contributed by atoms with Crippen LogP contribution in [0.2, 0.25) is 63.9 Å². The summed E-state index contributed by atoms with van der Waals surface area (Å²) in [6.07, 6.45) is 0. The van der Waals surface area contributed by atoms with Gasteiger partial charge in [0.25, 0.3) is 0 Å². The second-order valence-corrected chi connectivity index (χ2v) is 23.9. The molecule has 0 aliphatic heterocycles. The molecule has 4 nitrogen and oxygen atoms in total. The number of rotatable bonds is 4. The number of aromatic nitrogens is 2. The topological polar surface area (TPSA) is 49.0 Å². The van der Waals surface area contributed by atoms with Gasteiger partial charge < -0.3 is 9.22 Å². The standard InChI is InChI=1S/C13H28ClN3OSi3/c1-19(2,3)12-10(14)11(15-13(18)16-12)17(20(4,5)6)21(7,8)9/h1-9H3,(H,15,16,18). The number of nitrogens with zero attached hydrogens (tertiary/aromatic N) is 2. The molecule has 1 N–H and O–H groups in total. The lowest BCUT2D eigenvalue weighted by molar-refractivity contribution is 1.08. The lowest BCUT2D eigenvalue weighted by Gasteiger charge is -2.45. The van der Waals surface area contributed by atoms with E-state index in [0.29, 0.717) is 10.8 Å². The first kappa shape index (κ1) is 18.7. The molecule has 1 aromatic heterocycles. The summed E-state index contributed by atoms with van der Waals surface area (Å²) in [5.41, 5.74) is -0.284. The van der Waals surface area contributed by atoms with Gasteiger partial charge in [0.1, 0.15) is 30.4 Å². The quantitative estimate of drug-likeness (QED) is 0.835. The molecule has 0 saturated heterocycles. The van der Waals surface area contributed by atoms with E-state index in [-0.39, 0.29) is 5.69 Å². The minimum Gasteiger partial charge on any atom is -0.408 e. The van der Waals surface area contributed by atoms with E-state index in [4.69, 9.17) is 11.6 Å². The second-order valence-electron chi connectivity index (χ2n) is 8.48. The zero-order chi connectivity index (χ0) is 16.8. The Balaban J connectivity index is 3.70. The SMILES string of the molecule is C[Si](C)(C)c1[nH]c(=O)nc(N([Si](C)(C)C)[Si](C)(C)C)c1Cl. The van der Waals surface area contributed by atoms with Gasteiger partial charge in [0.15, 0.2) is 0 Å². The molecule has 1 heterocycles. The van der Waals surface area contributed by atoms with Crippen LogP contribution in [0.1, 0.15) is 0 Å². The van der Waals surface area contributed by atoms with Crippen LogP contribution in [-0.4, -0.2) is 34.5 Å². The molecule has 0 fully saturated rings. The van der Waals surface area contributed by atoms with Crippen LogP contribution in [-0.2, 0) is 0 Å². The first-order chi connectivity index (χ1) is 9.15. The summed E-state index contributed by atoms with van der Waals surface area (Å²) in [4.78, 5) is 19.2. The van der Waals surface area contributed by atoms with Gasteiger partial charge in [0, 0.05) is 5.32 Å². The molecule has 0 amide bonds. The normalized spacial score (nSPS) is 13.4. The largest absolute Gasteiger partial charge is 0.408 e. The second kappa shape index (κ2) is 5.68. The Morgan fingerprint density at radius 2 is 1.38 bits per heavy atom. The van der Waals surface area contributed by atoms with Gasteiger partial charge in [-0.2, -0.15) is 4.98 Å². The van der Waals surface area contributed by atoms with Crippen molar-refractivity contribution in [2.45, 2.75) is 58.9 Å². The van der Waals surface area contributed by atoms with Gasteiger partial charge >= 0.3 is 5.69 Å². The van der Waals surface area contributed by atoms with Crippen molar-refractivity contribution >= 4 is 47.3 Å². The van der Waals surface area contributed by atoms with Crippen LogP contribution in [0.25, 0.3) is 0 Å². The van der Waals surface area contributed by atoms with E-state index in [1.54, 1.807) is 0 Å². The number of anilines is 1. The highest BCUT2D eigenvalue weighted by atomic mass is 35.5. The number of nitrogens with one attached hydrogen (secondary N) is 1. The molecule has 1 rings (SSSR count). The highest BCUT2D eigenvalue weighted by molar-refractivity contribution is 6.99. The molecule has 120 valence electrons. The molecular formula is C13H28ClN3OSi3. The lowest BCUT2D eigenvalue weighted by atomic mass is 10.6. The third-order valence-electron chi connectivity index (χ3n) is 3.16. The smallest absolute Gasteiger partial charge is 0.346 e. The van der Waals surface area contributed by atoms with Crippen LogP contribution in [0.3, 0.4) is 0 Å². The highest BCUT2D eigenvalue weighted by Gasteiger charge is 2.38. The number of hydrogen-bond acceptors (Lipinski definition) is 3.